The smallest absolute Gasteiger partial charge is 0.133 e. The Morgan fingerprint density at radius 3 is 2.38 bits per heavy atom. The van der Waals surface area contributed by atoms with Crippen molar-refractivity contribution in [2.24, 2.45) is 0 Å². The van der Waals surface area contributed by atoms with Crippen LogP contribution in [0.4, 0.5) is 0 Å². The number of thioether (sulfide) groups is 1. The fraction of sp³-hybridized carbons (Fsp3) is 0.600. The summed E-state index contributed by atoms with van der Waals surface area (Å²) in [6, 6.07) is 8.06. The second-order valence-corrected chi connectivity index (χ2v) is 6.93. The number of hydrogen-bond donors (Lipinski definition) is 0. The summed E-state index contributed by atoms with van der Waals surface area (Å²) in [5.41, 5.74) is -0.0236. The zero-order valence-electron chi connectivity index (χ0n) is 15.3. The highest BCUT2D eigenvalue weighted by Gasteiger charge is 2.22. The number of unbranched alkanes of at least 4 members (excludes halogenated alkanes) is 4. The highest BCUT2D eigenvalue weighted by molar-refractivity contribution is 7.99. The standard InChI is InChI=1S/C20H32O3S/c1-5-7-8-9-10-11-19(23-16-6-2)20(22-4)24-18-14-12-17(21-3)13-15-18/h6,12-15,19-20H,2,5,7-11,16H2,1,3-4H3/t19-,20-/m1/s1. The van der Waals surface area contributed by atoms with E-state index < -0.39 is 0 Å². The molecule has 1 rings (SSSR count). The molecule has 4 heteroatoms. The Bertz CT molecular complexity index is 433. The molecule has 0 amide bonds. The van der Waals surface area contributed by atoms with Crippen molar-refractivity contribution >= 4 is 11.8 Å². The van der Waals surface area contributed by atoms with Crippen molar-refractivity contribution in [3.63, 3.8) is 0 Å². The third kappa shape index (κ3) is 8.22. The van der Waals surface area contributed by atoms with Gasteiger partial charge in [-0.2, -0.15) is 0 Å². The van der Waals surface area contributed by atoms with E-state index >= 15 is 0 Å². The molecule has 0 aromatic heterocycles. The van der Waals surface area contributed by atoms with Gasteiger partial charge in [0.1, 0.15) is 11.2 Å². The van der Waals surface area contributed by atoms with E-state index in [1.165, 1.54) is 32.1 Å². The largest absolute Gasteiger partial charge is 0.497 e. The van der Waals surface area contributed by atoms with Gasteiger partial charge in [0.15, 0.2) is 0 Å². The third-order valence-corrected chi connectivity index (χ3v) is 5.14. The first-order valence-electron chi connectivity index (χ1n) is 8.81. The highest BCUT2D eigenvalue weighted by atomic mass is 32.2. The molecule has 0 aliphatic heterocycles. The van der Waals surface area contributed by atoms with Gasteiger partial charge in [-0.3, -0.25) is 0 Å². The van der Waals surface area contributed by atoms with Gasteiger partial charge in [-0.1, -0.05) is 56.9 Å². The topological polar surface area (TPSA) is 27.7 Å². The van der Waals surface area contributed by atoms with Gasteiger partial charge < -0.3 is 14.2 Å². The molecule has 0 unspecified atom stereocenters. The minimum atomic E-state index is -0.0236. The van der Waals surface area contributed by atoms with Crippen LogP contribution in [0.25, 0.3) is 0 Å². The van der Waals surface area contributed by atoms with E-state index in [1.54, 1.807) is 32.1 Å². The van der Waals surface area contributed by atoms with E-state index in [9.17, 15) is 0 Å². The number of hydrogen-bond acceptors (Lipinski definition) is 4. The molecule has 0 saturated heterocycles. The van der Waals surface area contributed by atoms with Gasteiger partial charge in [0.05, 0.1) is 19.8 Å². The van der Waals surface area contributed by atoms with Gasteiger partial charge in [0.2, 0.25) is 0 Å². The first-order chi connectivity index (χ1) is 11.7. The van der Waals surface area contributed by atoms with E-state index in [1.807, 2.05) is 12.1 Å². The van der Waals surface area contributed by atoms with Crippen molar-refractivity contribution in [3.05, 3.63) is 36.9 Å². The van der Waals surface area contributed by atoms with Crippen molar-refractivity contribution in [3.8, 4) is 5.75 Å². The molecule has 1 aromatic rings. The first-order valence-corrected chi connectivity index (χ1v) is 9.69. The Morgan fingerprint density at radius 2 is 1.79 bits per heavy atom. The first kappa shape index (κ1) is 21.1. The van der Waals surface area contributed by atoms with Crippen molar-refractivity contribution in [2.75, 3.05) is 20.8 Å². The molecule has 0 aliphatic rings. The van der Waals surface area contributed by atoms with Crippen LogP contribution in [0.3, 0.4) is 0 Å². The molecule has 136 valence electrons. The van der Waals surface area contributed by atoms with Crippen LogP contribution in [0.2, 0.25) is 0 Å². The summed E-state index contributed by atoms with van der Waals surface area (Å²) in [7, 11) is 3.43. The van der Waals surface area contributed by atoms with Crippen LogP contribution in [-0.4, -0.2) is 32.4 Å². The summed E-state index contributed by atoms with van der Waals surface area (Å²) in [5.74, 6) is 0.865. The van der Waals surface area contributed by atoms with E-state index in [-0.39, 0.29) is 11.5 Å². The Hall–Kier alpha value is -0.970. The molecule has 0 bridgehead atoms. The van der Waals surface area contributed by atoms with Gasteiger partial charge in [-0.05, 0) is 30.7 Å². The van der Waals surface area contributed by atoms with E-state index in [0.29, 0.717) is 6.61 Å². The molecule has 0 radical (unpaired) electrons. The lowest BCUT2D eigenvalue weighted by Crippen LogP contribution is -2.28. The molecule has 1 aromatic carbocycles. The molecule has 0 spiro atoms. The Labute approximate surface area is 151 Å². The monoisotopic (exact) mass is 352 g/mol. The summed E-state index contributed by atoms with van der Waals surface area (Å²) in [5, 5.41) is 0. The van der Waals surface area contributed by atoms with E-state index in [4.69, 9.17) is 14.2 Å². The normalized spacial score (nSPS) is 13.5. The Balaban J connectivity index is 2.59. The molecule has 0 saturated carbocycles. The summed E-state index contributed by atoms with van der Waals surface area (Å²) in [4.78, 5) is 1.15. The molecule has 24 heavy (non-hydrogen) atoms. The van der Waals surface area contributed by atoms with Gasteiger partial charge in [-0.25, -0.2) is 0 Å². The van der Waals surface area contributed by atoms with Crippen LogP contribution in [0.5, 0.6) is 5.75 Å². The zero-order chi connectivity index (χ0) is 17.6. The van der Waals surface area contributed by atoms with Crippen LogP contribution in [-0.2, 0) is 9.47 Å². The highest BCUT2D eigenvalue weighted by Crippen LogP contribution is 2.30. The summed E-state index contributed by atoms with van der Waals surface area (Å²) < 4.78 is 16.9. The maximum Gasteiger partial charge on any atom is 0.133 e. The quantitative estimate of drug-likeness (QED) is 0.186. The minimum absolute atomic E-state index is 0.0236. The molecule has 0 heterocycles. The fourth-order valence-corrected chi connectivity index (χ4v) is 3.53. The molecular formula is C20H32O3S. The molecule has 0 fully saturated rings. The molecule has 2 atom stereocenters. The second-order valence-electron chi connectivity index (χ2n) is 5.76. The summed E-state index contributed by atoms with van der Waals surface area (Å²) in [6.45, 7) is 6.55. The van der Waals surface area contributed by atoms with Crippen LogP contribution in [0.1, 0.15) is 45.4 Å². The van der Waals surface area contributed by atoms with Crippen LogP contribution in [0.15, 0.2) is 41.8 Å². The van der Waals surface area contributed by atoms with Crippen molar-refractivity contribution in [1.29, 1.82) is 0 Å². The lowest BCUT2D eigenvalue weighted by atomic mass is 10.1. The van der Waals surface area contributed by atoms with Crippen molar-refractivity contribution in [1.82, 2.24) is 0 Å². The van der Waals surface area contributed by atoms with Crippen LogP contribution in [0, 0.1) is 0 Å². The molecule has 0 aliphatic carbocycles. The maximum absolute atomic E-state index is 5.98. The SMILES string of the molecule is C=CCO[C@H](CCCCCCC)[C@H](OC)Sc1ccc(OC)cc1. The second kappa shape index (κ2) is 13.3. The molecular weight excluding hydrogens is 320 g/mol. The van der Waals surface area contributed by atoms with E-state index in [2.05, 4.69) is 25.6 Å². The fourth-order valence-electron chi connectivity index (χ4n) is 2.50. The predicted molar refractivity (Wildman–Crippen MR) is 103 cm³/mol. The zero-order valence-corrected chi connectivity index (χ0v) is 16.1. The van der Waals surface area contributed by atoms with Crippen LogP contribution >= 0.6 is 11.8 Å². The molecule has 0 N–H and O–H groups in total. The van der Waals surface area contributed by atoms with Crippen molar-refractivity contribution in [2.45, 2.75) is 61.9 Å². The Morgan fingerprint density at radius 1 is 1.08 bits per heavy atom. The van der Waals surface area contributed by atoms with Crippen molar-refractivity contribution < 1.29 is 14.2 Å². The maximum atomic E-state index is 5.98. The van der Waals surface area contributed by atoms with Crippen LogP contribution < -0.4 is 4.74 Å². The third-order valence-electron chi connectivity index (χ3n) is 3.87. The Kier molecular flexibility index (Phi) is 11.7. The predicted octanol–water partition coefficient (Wildman–Crippen LogP) is 5.69. The number of ether oxygens (including phenoxy) is 3. The van der Waals surface area contributed by atoms with E-state index in [0.717, 1.165) is 17.1 Å². The lowest BCUT2D eigenvalue weighted by Gasteiger charge is -2.25. The molecule has 3 nitrogen and oxygen atoms in total. The summed E-state index contributed by atoms with van der Waals surface area (Å²) in [6.07, 6.45) is 9.19. The number of rotatable bonds is 14. The minimum Gasteiger partial charge on any atom is -0.497 e. The number of benzene rings is 1. The average Bonchev–Trinajstić information content (AvgIpc) is 2.63. The average molecular weight is 353 g/mol. The van der Waals surface area contributed by atoms with Gasteiger partial charge in [0, 0.05) is 12.0 Å². The van der Waals surface area contributed by atoms with Gasteiger partial charge in [-0.15, -0.1) is 6.58 Å². The number of methoxy groups -OCH3 is 2. The lowest BCUT2D eigenvalue weighted by molar-refractivity contribution is -0.0114. The van der Waals surface area contributed by atoms with Gasteiger partial charge >= 0.3 is 0 Å². The van der Waals surface area contributed by atoms with Gasteiger partial charge in [0.25, 0.3) is 0 Å². The summed E-state index contributed by atoms with van der Waals surface area (Å²) >= 11 is 1.70.